The van der Waals surface area contributed by atoms with Gasteiger partial charge in [-0.15, -0.1) is 0 Å². The Bertz CT molecular complexity index is 858. The van der Waals surface area contributed by atoms with Crippen LogP contribution in [0, 0.1) is 0 Å². The third-order valence-electron chi connectivity index (χ3n) is 3.65. The molecular weight excluding hydrogens is 419 g/mol. The molecule has 0 heterocycles. The Labute approximate surface area is 177 Å². The first-order chi connectivity index (χ1) is 14.8. The van der Waals surface area contributed by atoms with E-state index in [2.05, 4.69) is 0 Å². The van der Waals surface area contributed by atoms with Gasteiger partial charge in [0.15, 0.2) is 18.1 Å². The third-order valence-corrected chi connectivity index (χ3v) is 3.65. The number of hydrogen-bond donors (Lipinski definition) is 1. The number of esters is 1. The summed E-state index contributed by atoms with van der Waals surface area (Å²) in [6.07, 6.45) is -4.55. The van der Waals surface area contributed by atoms with Crippen LogP contribution in [0.2, 0.25) is 0 Å². The monoisotopic (exact) mass is 441 g/mol. The highest BCUT2D eigenvalue weighted by Crippen LogP contribution is 2.29. The van der Waals surface area contributed by atoms with E-state index in [1.165, 1.54) is 18.2 Å². The molecule has 168 valence electrons. The highest BCUT2D eigenvalue weighted by Gasteiger charge is 2.27. The van der Waals surface area contributed by atoms with Crippen molar-refractivity contribution in [3.8, 4) is 17.2 Å². The predicted octanol–water partition coefficient (Wildman–Crippen LogP) is 3.38. The van der Waals surface area contributed by atoms with Crippen molar-refractivity contribution < 1.29 is 41.7 Å². The van der Waals surface area contributed by atoms with Crippen LogP contribution in [-0.4, -0.2) is 51.0 Å². The van der Waals surface area contributed by atoms with Crippen LogP contribution in [0.4, 0.5) is 13.2 Å². The van der Waals surface area contributed by atoms with Crippen molar-refractivity contribution in [3.63, 3.8) is 0 Å². The molecule has 0 spiro atoms. The van der Waals surface area contributed by atoms with Crippen molar-refractivity contribution in [1.82, 2.24) is 5.32 Å². The highest BCUT2D eigenvalue weighted by atomic mass is 19.4. The molecule has 0 atom stereocenters. The SMILES string of the molecule is CCOc1cc(C(=O)OCC(=O)NCC(F)(F)F)ccc1OCCOc1ccccc1. The van der Waals surface area contributed by atoms with Gasteiger partial charge in [0.05, 0.1) is 12.2 Å². The van der Waals surface area contributed by atoms with Gasteiger partial charge in [-0.25, -0.2) is 4.79 Å². The van der Waals surface area contributed by atoms with Crippen molar-refractivity contribution in [2.45, 2.75) is 13.1 Å². The first-order valence-corrected chi connectivity index (χ1v) is 9.36. The van der Waals surface area contributed by atoms with Gasteiger partial charge in [0.25, 0.3) is 5.91 Å². The molecular formula is C21H22F3NO6. The maximum Gasteiger partial charge on any atom is 0.405 e. The standard InChI is InChI=1S/C21H22F3NO6/c1-2-28-18-12-15(20(27)31-13-19(26)25-14-21(22,23)24)8-9-17(18)30-11-10-29-16-6-4-3-5-7-16/h3-9,12H,2,10-11,13-14H2,1H3,(H,25,26). The molecule has 7 nitrogen and oxygen atoms in total. The van der Waals surface area contributed by atoms with Gasteiger partial charge in [0, 0.05) is 0 Å². The third kappa shape index (κ3) is 8.85. The predicted molar refractivity (Wildman–Crippen MR) is 104 cm³/mol. The van der Waals surface area contributed by atoms with E-state index in [1.807, 2.05) is 30.3 Å². The summed E-state index contributed by atoms with van der Waals surface area (Å²) in [6, 6.07) is 13.5. The topological polar surface area (TPSA) is 83.1 Å². The first-order valence-electron chi connectivity index (χ1n) is 9.36. The number of ether oxygens (including phenoxy) is 4. The number of carbonyl (C=O) groups excluding carboxylic acids is 2. The van der Waals surface area contributed by atoms with Gasteiger partial charge in [0.2, 0.25) is 0 Å². The number of alkyl halides is 3. The molecule has 2 aromatic carbocycles. The number of rotatable bonds is 11. The van der Waals surface area contributed by atoms with E-state index < -0.39 is 31.2 Å². The van der Waals surface area contributed by atoms with Gasteiger partial charge in [-0.2, -0.15) is 13.2 Å². The zero-order chi connectivity index (χ0) is 22.7. The summed E-state index contributed by atoms with van der Waals surface area (Å²) in [6.45, 7) is 0.212. The Hall–Kier alpha value is -3.43. The molecule has 0 radical (unpaired) electrons. The summed E-state index contributed by atoms with van der Waals surface area (Å²) >= 11 is 0. The van der Waals surface area contributed by atoms with Crippen LogP contribution in [-0.2, 0) is 9.53 Å². The van der Waals surface area contributed by atoms with Crippen LogP contribution in [0.5, 0.6) is 17.2 Å². The molecule has 0 aliphatic carbocycles. The van der Waals surface area contributed by atoms with Crippen molar-refractivity contribution in [3.05, 3.63) is 54.1 Å². The molecule has 0 saturated carbocycles. The quantitative estimate of drug-likeness (QED) is 0.425. The van der Waals surface area contributed by atoms with Crippen molar-refractivity contribution >= 4 is 11.9 Å². The van der Waals surface area contributed by atoms with Gasteiger partial charge < -0.3 is 24.3 Å². The number of nitrogens with one attached hydrogen (secondary N) is 1. The Morgan fingerprint density at radius 3 is 2.32 bits per heavy atom. The van der Waals surface area contributed by atoms with E-state index in [0.29, 0.717) is 18.1 Å². The van der Waals surface area contributed by atoms with Crippen molar-refractivity contribution in [2.24, 2.45) is 0 Å². The number of benzene rings is 2. The van der Waals surface area contributed by atoms with Crippen molar-refractivity contribution in [1.29, 1.82) is 0 Å². The van der Waals surface area contributed by atoms with Crippen LogP contribution in [0.1, 0.15) is 17.3 Å². The maximum absolute atomic E-state index is 12.1. The lowest BCUT2D eigenvalue weighted by Gasteiger charge is -2.14. The molecule has 0 saturated heterocycles. The van der Waals surface area contributed by atoms with Crippen LogP contribution in [0.3, 0.4) is 0 Å². The zero-order valence-electron chi connectivity index (χ0n) is 16.7. The Morgan fingerprint density at radius 1 is 0.935 bits per heavy atom. The fourth-order valence-corrected chi connectivity index (χ4v) is 2.31. The summed E-state index contributed by atoms with van der Waals surface area (Å²) in [5, 5.41) is 1.61. The smallest absolute Gasteiger partial charge is 0.405 e. The fraction of sp³-hybridized carbons (Fsp3) is 0.333. The number of carbonyl (C=O) groups is 2. The Morgan fingerprint density at radius 2 is 1.65 bits per heavy atom. The van der Waals surface area contributed by atoms with E-state index in [0.717, 1.165) is 0 Å². The van der Waals surface area contributed by atoms with Crippen LogP contribution < -0.4 is 19.5 Å². The van der Waals surface area contributed by atoms with E-state index in [-0.39, 0.29) is 24.5 Å². The van der Waals surface area contributed by atoms with Gasteiger partial charge >= 0.3 is 12.1 Å². The average Bonchev–Trinajstić information content (AvgIpc) is 2.74. The summed E-state index contributed by atoms with van der Waals surface area (Å²) in [7, 11) is 0. The molecule has 0 aliphatic rings. The van der Waals surface area contributed by atoms with Crippen LogP contribution >= 0.6 is 0 Å². The van der Waals surface area contributed by atoms with Crippen LogP contribution in [0.15, 0.2) is 48.5 Å². The van der Waals surface area contributed by atoms with E-state index >= 15 is 0 Å². The number of amides is 1. The lowest BCUT2D eigenvalue weighted by molar-refractivity contribution is -0.140. The number of halogens is 3. The Kier molecular flexibility index (Phi) is 8.98. The Balaban J connectivity index is 1.88. The molecule has 2 aromatic rings. The summed E-state index contributed by atoms with van der Waals surface area (Å²) in [5.41, 5.74) is 0.0555. The zero-order valence-corrected chi connectivity index (χ0v) is 16.7. The van der Waals surface area contributed by atoms with Gasteiger partial charge in [0.1, 0.15) is 25.5 Å². The molecule has 2 rings (SSSR count). The molecule has 0 unspecified atom stereocenters. The highest BCUT2D eigenvalue weighted by molar-refractivity contribution is 5.92. The minimum absolute atomic E-state index is 0.0555. The average molecular weight is 441 g/mol. The van der Waals surface area contributed by atoms with Crippen molar-refractivity contribution in [2.75, 3.05) is 33.0 Å². The molecule has 10 heteroatoms. The van der Waals surface area contributed by atoms with Gasteiger partial charge in [-0.1, -0.05) is 18.2 Å². The second-order valence-electron chi connectivity index (χ2n) is 6.07. The van der Waals surface area contributed by atoms with Gasteiger partial charge in [-0.3, -0.25) is 4.79 Å². The molecule has 1 amide bonds. The maximum atomic E-state index is 12.1. The lowest BCUT2D eigenvalue weighted by atomic mass is 10.2. The normalized spacial score (nSPS) is 10.8. The lowest BCUT2D eigenvalue weighted by Crippen LogP contribution is -2.36. The minimum atomic E-state index is -4.55. The molecule has 0 aromatic heterocycles. The summed E-state index contributed by atoms with van der Waals surface area (Å²) in [4.78, 5) is 23.4. The van der Waals surface area contributed by atoms with E-state index in [1.54, 1.807) is 12.2 Å². The van der Waals surface area contributed by atoms with Gasteiger partial charge in [-0.05, 0) is 37.3 Å². The number of para-hydroxylation sites is 1. The molecule has 0 bridgehead atoms. The van der Waals surface area contributed by atoms with E-state index in [9.17, 15) is 22.8 Å². The molecule has 0 aliphatic heterocycles. The first kappa shape index (κ1) is 23.8. The minimum Gasteiger partial charge on any atom is -0.490 e. The fourth-order valence-electron chi connectivity index (χ4n) is 2.31. The van der Waals surface area contributed by atoms with Crippen LogP contribution in [0.25, 0.3) is 0 Å². The molecule has 1 N–H and O–H groups in total. The second-order valence-corrected chi connectivity index (χ2v) is 6.07. The largest absolute Gasteiger partial charge is 0.490 e. The molecule has 31 heavy (non-hydrogen) atoms. The summed E-state index contributed by atoms with van der Waals surface area (Å²) < 4.78 is 57.6. The second kappa shape index (κ2) is 11.7. The number of hydrogen-bond acceptors (Lipinski definition) is 6. The summed E-state index contributed by atoms with van der Waals surface area (Å²) in [5.74, 6) is -0.596. The van der Waals surface area contributed by atoms with E-state index in [4.69, 9.17) is 18.9 Å². The molecule has 0 fully saturated rings.